The first kappa shape index (κ1) is 17.4. The van der Waals surface area contributed by atoms with Gasteiger partial charge in [0.2, 0.25) is 0 Å². The van der Waals surface area contributed by atoms with Crippen molar-refractivity contribution in [1.29, 1.82) is 0 Å². The largest absolute Gasteiger partial charge is 0.453 e. The molecule has 0 radical (unpaired) electrons. The molecule has 4 rings (SSSR count). The molecule has 0 spiro atoms. The summed E-state index contributed by atoms with van der Waals surface area (Å²) in [6, 6.07) is 2.92. The molecule has 0 N–H and O–H groups in total. The zero-order valence-corrected chi connectivity index (χ0v) is 14.4. The van der Waals surface area contributed by atoms with Crippen LogP contribution in [0.5, 0.6) is 0 Å². The Morgan fingerprint density at radius 2 is 2.11 bits per heavy atom. The number of aryl methyl sites for hydroxylation is 1. The lowest BCUT2D eigenvalue weighted by atomic mass is 10.0. The average Bonchev–Trinajstić information content (AvgIpc) is 3.32. The van der Waals surface area contributed by atoms with Crippen LogP contribution in [0.1, 0.15) is 35.4 Å². The summed E-state index contributed by atoms with van der Waals surface area (Å²) < 4.78 is 41.5. The first-order valence-corrected chi connectivity index (χ1v) is 8.41. The van der Waals surface area contributed by atoms with Crippen LogP contribution < -0.4 is 4.90 Å². The Balaban J connectivity index is 1.60. The number of alkyl halides is 3. The molecule has 0 aromatic carbocycles. The van der Waals surface area contributed by atoms with Gasteiger partial charge in [-0.25, -0.2) is 0 Å². The van der Waals surface area contributed by atoms with Gasteiger partial charge in [0.1, 0.15) is 5.82 Å². The summed E-state index contributed by atoms with van der Waals surface area (Å²) in [7, 11) is 1.73. The molecule has 0 bridgehead atoms. The summed E-state index contributed by atoms with van der Waals surface area (Å²) in [6.45, 7) is 0.618. The summed E-state index contributed by atoms with van der Waals surface area (Å²) in [6.07, 6.45) is 0.363. The van der Waals surface area contributed by atoms with E-state index in [0.717, 1.165) is 12.8 Å². The lowest BCUT2D eigenvalue weighted by molar-refractivity contribution is -0.146. The van der Waals surface area contributed by atoms with Crippen LogP contribution in [0, 0.1) is 0 Å². The minimum atomic E-state index is -4.65. The van der Waals surface area contributed by atoms with Crippen molar-refractivity contribution in [2.75, 3.05) is 11.4 Å². The second-order valence-electron chi connectivity index (χ2n) is 6.50. The standard InChI is InChI=1S/C16H16F3N7O/c1-24-9-10(8-20-24)12(27)7-11-3-2-6-25(11)14-5-4-13-21-22-15(16(17,18)19)26(13)23-14/h4-5,8-9,11H,2-3,6-7H2,1H3. The quantitative estimate of drug-likeness (QED) is 0.646. The molecule has 27 heavy (non-hydrogen) atoms. The molecule has 1 aliphatic rings. The molecule has 8 nitrogen and oxygen atoms in total. The molecule has 1 atom stereocenters. The van der Waals surface area contributed by atoms with Gasteiger partial charge in [0.05, 0.1) is 11.8 Å². The maximum Gasteiger partial charge on any atom is 0.453 e. The van der Waals surface area contributed by atoms with Gasteiger partial charge in [-0.15, -0.1) is 15.3 Å². The fraction of sp³-hybridized carbons (Fsp3) is 0.438. The molecule has 1 saturated heterocycles. The summed E-state index contributed by atoms with van der Waals surface area (Å²) >= 11 is 0. The normalized spacial score (nSPS) is 17.8. The highest BCUT2D eigenvalue weighted by Crippen LogP contribution is 2.30. The molecule has 1 fully saturated rings. The van der Waals surface area contributed by atoms with Crippen molar-refractivity contribution in [3.63, 3.8) is 0 Å². The lowest BCUT2D eigenvalue weighted by Gasteiger charge is -2.25. The summed E-state index contributed by atoms with van der Waals surface area (Å²) in [4.78, 5) is 14.3. The molecule has 1 unspecified atom stereocenters. The Bertz CT molecular complexity index is 993. The molecule has 1 aliphatic heterocycles. The van der Waals surface area contributed by atoms with Crippen molar-refractivity contribution in [3.05, 3.63) is 35.9 Å². The first-order chi connectivity index (χ1) is 12.8. The van der Waals surface area contributed by atoms with Gasteiger partial charge in [-0.3, -0.25) is 9.48 Å². The highest BCUT2D eigenvalue weighted by atomic mass is 19.4. The zero-order valence-electron chi connectivity index (χ0n) is 14.4. The van der Waals surface area contributed by atoms with Crippen molar-refractivity contribution in [2.45, 2.75) is 31.5 Å². The number of anilines is 1. The van der Waals surface area contributed by atoms with E-state index < -0.39 is 12.0 Å². The Morgan fingerprint density at radius 3 is 2.81 bits per heavy atom. The van der Waals surface area contributed by atoms with E-state index in [2.05, 4.69) is 20.4 Å². The molecule has 11 heteroatoms. The highest BCUT2D eigenvalue weighted by Gasteiger charge is 2.38. The summed E-state index contributed by atoms with van der Waals surface area (Å²) in [5.41, 5.74) is 0.541. The van der Waals surface area contributed by atoms with Crippen molar-refractivity contribution in [2.24, 2.45) is 7.05 Å². The molecular formula is C16H16F3N7O. The van der Waals surface area contributed by atoms with E-state index in [1.165, 1.54) is 12.3 Å². The minimum absolute atomic E-state index is 0.0215. The fourth-order valence-electron chi connectivity index (χ4n) is 3.36. The van der Waals surface area contributed by atoms with Crippen LogP contribution in [0.3, 0.4) is 0 Å². The second-order valence-corrected chi connectivity index (χ2v) is 6.50. The van der Waals surface area contributed by atoms with Crippen molar-refractivity contribution in [1.82, 2.24) is 29.6 Å². The number of halogens is 3. The third-order valence-corrected chi connectivity index (χ3v) is 4.62. The topological polar surface area (TPSA) is 81.2 Å². The zero-order chi connectivity index (χ0) is 19.2. The Labute approximate surface area is 151 Å². The van der Waals surface area contributed by atoms with E-state index in [-0.39, 0.29) is 23.9 Å². The highest BCUT2D eigenvalue weighted by molar-refractivity contribution is 5.96. The monoisotopic (exact) mass is 379 g/mol. The first-order valence-electron chi connectivity index (χ1n) is 8.41. The van der Waals surface area contributed by atoms with Gasteiger partial charge in [-0.05, 0) is 25.0 Å². The lowest BCUT2D eigenvalue weighted by Crippen LogP contribution is -2.32. The number of hydrogen-bond donors (Lipinski definition) is 0. The number of fused-ring (bicyclic) bond motifs is 1. The van der Waals surface area contributed by atoms with Crippen LogP contribution in [0.2, 0.25) is 0 Å². The van der Waals surface area contributed by atoms with E-state index in [4.69, 9.17) is 0 Å². The predicted molar refractivity (Wildman–Crippen MR) is 88.3 cm³/mol. The molecule has 0 aliphatic carbocycles. The SMILES string of the molecule is Cn1cc(C(=O)CC2CCCN2c2ccc3nnc(C(F)(F)F)n3n2)cn1. The van der Waals surface area contributed by atoms with Crippen LogP contribution in [0.15, 0.2) is 24.5 Å². The number of hydrogen-bond acceptors (Lipinski definition) is 6. The third-order valence-electron chi connectivity index (χ3n) is 4.62. The Hall–Kier alpha value is -2.98. The molecular weight excluding hydrogens is 363 g/mol. The maximum absolute atomic E-state index is 13.1. The molecule has 3 aromatic heterocycles. The summed E-state index contributed by atoms with van der Waals surface area (Å²) in [5, 5.41) is 14.8. The maximum atomic E-state index is 13.1. The van der Waals surface area contributed by atoms with E-state index in [1.807, 2.05) is 4.90 Å². The third kappa shape index (κ3) is 3.24. The van der Waals surface area contributed by atoms with E-state index in [0.29, 0.717) is 22.4 Å². The Morgan fingerprint density at radius 1 is 1.30 bits per heavy atom. The molecule has 3 aromatic rings. The predicted octanol–water partition coefficient (Wildman–Crippen LogP) is 2.12. The van der Waals surface area contributed by atoms with Crippen LogP contribution in [0.4, 0.5) is 19.0 Å². The van der Waals surface area contributed by atoms with Gasteiger partial charge in [0.25, 0.3) is 5.82 Å². The number of nitrogens with zero attached hydrogens (tertiary/aromatic N) is 7. The number of carbonyl (C=O) groups excluding carboxylic acids is 1. The number of aromatic nitrogens is 6. The van der Waals surface area contributed by atoms with E-state index in [9.17, 15) is 18.0 Å². The van der Waals surface area contributed by atoms with Gasteiger partial charge < -0.3 is 4.90 Å². The molecule has 0 saturated carbocycles. The van der Waals surface area contributed by atoms with E-state index >= 15 is 0 Å². The summed E-state index contributed by atoms with van der Waals surface area (Å²) in [5.74, 6) is -0.850. The van der Waals surface area contributed by atoms with Gasteiger partial charge in [-0.1, -0.05) is 0 Å². The van der Waals surface area contributed by atoms with Crippen molar-refractivity contribution in [3.8, 4) is 0 Å². The van der Waals surface area contributed by atoms with Crippen molar-refractivity contribution < 1.29 is 18.0 Å². The number of Topliss-reactive ketones (excluding diaryl/α,β-unsaturated/α-hetero) is 1. The number of carbonyl (C=O) groups is 1. The van der Waals surface area contributed by atoms with Crippen LogP contribution in [0.25, 0.3) is 5.65 Å². The van der Waals surface area contributed by atoms with Gasteiger partial charge in [-0.2, -0.15) is 22.8 Å². The van der Waals surface area contributed by atoms with Crippen LogP contribution in [-0.2, 0) is 13.2 Å². The van der Waals surface area contributed by atoms with Crippen LogP contribution >= 0.6 is 0 Å². The second kappa shape index (κ2) is 6.32. The van der Waals surface area contributed by atoms with Gasteiger partial charge >= 0.3 is 6.18 Å². The van der Waals surface area contributed by atoms with Gasteiger partial charge in [0.15, 0.2) is 11.4 Å². The molecule has 4 heterocycles. The molecule has 0 amide bonds. The number of rotatable bonds is 4. The average molecular weight is 379 g/mol. The minimum Gasteiger partial charge on any atom is -0.352 e. The smallest absolute Gasteiger partial charge is 0.352 e. The van der Waals surface area contributed by atoms with Gasteiger partial charge in [0, 0.05) is 32.3 Å². The fourth-order valence-corrected chi connectivity index (χ4v) is 3.36. The van der Waals surface area contributed by atoms with E-state index in [1.54, 1.807) is 24.0 Å². The molecule has 142 valence electrons. The number of ketones is 1. The van der Waals surface area contributed by atoms with Crippen molar-refractivity contribution >= 4 is 17.2 Å². The Kier molecular flexibility index (Phi) is 4.08. The van der Waals surface area contributed by atoms with Crippen LogP contribution in [-0.4, -0.2) is 48.0 Å².